The normalized spacial score (nSPS) is 20.2. The molecule has 2 rings (SSSR count). The van der Waals surface area contributed by atoms with Gasteiger partial charge in [-0.25, -0.2) is 8.42 Å². The Labute approximate surface area is 150 Å². The number of hydrogen-bond acceptors (Lipinski definition) is 4. The molecule has 1 aromatic rings. The van der Waals surface area contributed by atoms with Crippen molar-refractivity contribution in [1.82, 2.24) is 10.0 Å². The van der Waals surface area contributed by atoms with Crippen LogP contribution in [0.4, 0.5) is 0 Å². The van der Waals surface area contributed by atoms with Crippen molar-refractivity contribution in [2.75, 3.05) is 13.2 Å². The first kappa shape index (κ1) is 19.9. The fraction of sp³-hybridized carbons (Fsp3) is 0.611. The largest absolute Gasteiger partial charge is 0.376 e. The summed E-state index contributed by atoms with van der Waals surface area (Å²) in [6, 6.07) is 5.78. The summed E-state index contributed by atoms with van der Waals surface area (Å²) < 4.78 is 33.3. The van der Waals surface area contributed by atoms with Crippen LogP contribution in [-0.2, 0) is 19.6 Å². The Kier molecular flexibility index (Phi) is 6.98. The fourth-order valence-electron chi connectivity index (χ4n) is 2.75. The molecule has 7 heteroatoms. The van der Waals surface area contributed by atoms with Crippen molar-refractivity contribution in [2.45, 2.75) is 57.1 Å². The van der Waals surface area contributed by atoms with Gasteiger partial charge in [0.05, 0.1) is 11.0 Å². The van der Waals surface area contributed by atoms with Gasteiger partial charge in [-0.15, -0.1) is 0 Å². The lowest BCUT2D eigenvalue weighted by Crippen LogP contribution is -2.51. The molecule has 1 fully saturated rings. The van der Waals surface area contributed by atoms with Crippen LogP contribution < -0.4 is 10.0 Å². The second-order valence-electron chi connectivity index (χ2n) is 6.68. The van der Waals surface area contributed by atoms with E-state index in [1.54, 1.807) is 24.3 Å². The molecule has 3 unspecified atom stereocenters. The first-order valence-corrected chi connectivity index (χ1v) is 10.3. The summed E-state index contributed by atoms with van der Waals surface area (Å²) >= 11 is 0. The van der Waals surface area contributed by atoms with Crippen LogP contribution in [0.2, 0.25) is 0 Å². The van der Waals surface area contributed by atoms with Crippen LogP contribution in [0.1, 0.15) is 38.7 Å². The molecule has 1 aliphatic heterocycles. The molecule has 1 saturated heterocycles. The number of amides is 1. The summed E-state index contributed by atoms with van der Waals surface area (Å²) in [5.41, 5.74) is 0.978. The third kappa shape index (κ3) is 5.52. The average Bonchev–Trinajstić information content (AvgIpc) is 3.11. The molecule has 6 nitrogen and oxygen atoms in total. The smallest absolute Gasteiger partial charge is 0.241 e. The van der Waals surface area contributed by atoms with Crippen LogP contribution in [0, 0.1) is 12.8 Å². The van der Waals surface area contributed by atoms with Crippen LogP contribution >= 0.6 is 0 Å². The van der Waals surface area contributed by atoms with Crippen molar-refractivity contribution < 1.29 is 17.9 Å². The predicted octanol–water partition coefficient (Wildman–Crippen LogP) is 1.98. The molecule has 1 heterocycles. The number of nitrogens with one attached hydrogen (secondary N) is 2. The summed E-state index contributed by atoms with van der Waals surface area (Å²) in [7, 11) is -3.76. The second-order valence-corrected chi connectivity index (χ2v) is 8.39. The maximum absolute atomic E-state index is 12.6. The summed E-state index contributed by atoms with van der Waals surface area (Å²) in [5, 5.41) is 2.83. The third-order valence-corrected chi connectivity index (χ3v) is 6.09. The fourth-order valence-corrected chi connectivity index (χ4v) is 4.05. The minimum absolute atomic E-state index is 0.0234. The van der Waals surface area contributed by atoms with Gasteiger partial charge in [-0.1, -0.05) is 38.0 Å². The van der Waals surface area contributed by atoms with Crippen LogP contribution in [0.15, 0.2) is 29.2 Å². The monoisotopic (exact) mass is 368 g/mol. The Morgan fingerprint density at radius 1 is 1.32 bits per heavy atom. The zero-order chi connectivity index (χ0) is 18.4. The Morgan fingerprint density at radius 3 is 2.56 bits per heavy atom. The van der Waals surface area contributed by atoms with Crippen LogP contribution in [0.3, 0.4) is 0 Å². The Morgan fingerprint density at radius 2 is 2.00 bits per heavy atom. The van der Waals surface area contributed by atoms with E-state index in [2.05, 4.69) is 10.0 Å². The van der Waals surface area contributed by atoms with E-state index in [1.807, 2.05) is 20.8 Å². The third-order valence-electron chi connectivity index (χ3n) is 4.64. The number of sulfonamides is 1. The van der Waals surface area contributed by atoms with Crippen molar-refractivity contribution in [1.29, 1.82) is 0 Å². The highest BCUT2D eigenvalue weighted by Gasteiger charge is 2.30. The number of carbonyl (C=O) groups excluding carboxylic acids is 1. The van der Waals surface area contributed by atoms with Crippen molar-refractivity contribution in [3.8, 4) is 0 Å². The highest BCUT2D eigenvalue weighted by atomic mass is 32.2. The SMILES string of the molecule is CCC(C)C(NS(=O)(=O)c1ccc(C)cc1)C(=O)NCC1CCCO1. The van der Waals surface area contributed by atoms with Crippen LogP contribution in [0.25, 0.3) is 0 Å². The Bertz CT molecular complexity index is 667. The number of carbonyl (C=O) groups is 1. The van der Waals surface area contributed by atoms with Gasteiger partial charge in [-0.2, -0.15) is 4.72 Å². The summed E-state index contributed by atoms with van der Waals surface area (Å²) in [4.78, 5) is 12.7. The first-order chi connectivity index (χ1) is 11.8. The van der Waals surface area contributed by atoms with Gasteiger partial charge in [0.15, 0.2) is 0 Å². The van der Waals surface area contributed by atoms with E-state index >= 15 is 0 Å². The zero-order valence-corrected chi connectivity index (χ0v) is 15.9. The molecule has 1 aliphatic rings. The molecule has 1 amide bonds. The first-order valence-electron chi connectivity index (χ1n) is 8.81. The number of aryl methyl sites for hydroxylation is 1. The van der Waals surface area contributed by atoms with Crippen LogP contribution in [-0.4, -0.2) is 39.6 Å². The van der Waals surface area contributed by atoms with E-state index < -0.39 is 16.1 Å². The lowest BCUT2D eigenvalue weighted by atomic mass is 9.99. The minimum atomic E-state index is -3.76. The van der Waals surface area contributed by atoms with E-state index in [0.29, 0.717) is 13.0 Å². The van der Waals surface area contributed by atoms with E-state index in [4.69, 9.17) is 4.74 Å². The molecule has 0 aromatic heterocycles. The van der Waals surface area contributed by atoms with Crippen molar-refractivity contribution in [3.05, 3.63) is 29.8 Å². The van der Waals surface area contributed by atoms with Crippen molar-refractivity contribution >= 4 is 15.9 Å². The number of ether oxygens (including phenoxy) is 1. The van der Waals surface area contributed by atoms with Crippen LogP contribution in [0.5, 0.6) is 0 Å². The standard InChI is InChI=1S/C18H28N2O4S/c1-4-14(3)17(18(21)19-12-15-6-5-11-24-15)20-25(22,23)16-9-7-13(2)8-10-16/h7-10,14-15,17,20H,4-6,11-12H2,1-3H3,(H,19,21). The van der Waals surface area contributed by atoms with Crippen molar-refractivity contribution in [3.63, 3.8) is 0 Å². The molecule has 140 valence electrons. The van der Waals surface area contributed by atoms with Gasteiger partial charge in [0, 0.05) is 13.2 Å². The zero-order valence-electron chi connectivity index (χ0n) is 15.1. The van der Waals surface area contributed by atoms with E-state index in [0.717, 1.165) is 25.0 Å². The van der Waals surface area contributed by atoms with Gasteiger partial charge in [-0.3, -0.25) is 4.79 Å². The van der Waals surface area contributed by atoms with Crippen molar-refractivity contribution in [2.24, 2.45) is 5.92 Å². The van der Waals surface area contributed by atoms with Gasteiger partial charge in [-0.05, 0) is 37.8 Å². The number of benzene rings is 1. The maximum atomic E-state index is 12.6. The quantitative estimate of drug-likeness (QED) is 0.735. The lowest BCUT2D eigenvalue weighted by Gasteiger charge is -2.24. The Hall–Kier alpha value is -1.44. The van der Waals surface area contributed by atoms with Gasteiger partial charge in [0.2, 0.25) is 15.9 Å². The highest BCUT2D eigenvalue weighted by Crippen LogP contribution is 2.16. The molecule has 0 aliphatic carbocycles. The summed E-state index contributed by atoms with van der Waals surface area (Å²) in [5.74, 6) is -0.426. The molecular weight excluding hydrogens is 340 g/mol. The van der Waals surface area contributed by atoms with Gasteiger partial charge in [0.1, 0.15) is 6.04 Å². The summed E-state index contributed by atoms with van der Waals surface area (Å²) in [6.07, 6.45) is 2.63. The highest BCUT2D eigenvalue weighted by molar-refractivity contribution is 7.89. The predicted molar refractivity (Wildman–Crippen MR) is 96.7 cm³/mol. The number of rotatable bonds is 8. The molecule has 25 heavy (non-hydrogen) atoms. The second kappa shape index (κ2) is 8.78. The van der Waals surface area contributed by atoms with E-state index in [9.17, 15) is 13.2 Å². The van der Waals surface area contributed by atoms with Gasteiger partial charge in [0.25, 0.3) is 0 Å². The van der Waals surface area contributed by atoms with Gasteiger partial charge < -0.3 is 10.1 Å². The topological polar surface area (TPSA) is 84.5 Å². The molecule has 1 aromatic carbocycles. The minimum Gasteiger partial charge on any atom is -0.376 e. The molecule has 0 radical (unpaired) electrons. The summed E-state index contributed by atoms with van der Waals surface area (Å²) in [6.45, 7) is 6.83. The molecule has 0 bridgehead atoms. The number of hydrogen-bond donors (Lipinski definition) is 2. The molecular formula is C18H28N2O4S. The Balaban J connectivity index is 2.07. The van der Waals surface area contributed by atoms with Gasteiger partial charge >= 0.3 is 0 Å². The van der Waals surface area contributed by atoms with E-state index in [1.165, 1.54) is 0 Å². The molecule has 3 atom stereocenters. The molecule has 0 spiro atoms. The molecule has 2 N–H and O–H groups in total. The lowest BCUT2D eigenvalue weighted by molar-refractivity contribution is -0.124. The maximum Gasteiger partial charge on any atom is 0.241 e. The molecule has 0 saturated carbocycles. The average molecular weight is 368 g/mol. The van der Waals surface area contributed by atoms with E-state index in [-0.39, 0.29) is 22.8 Å².